The van der Waals surface area contributed by atoms with Gasteiger partial charge in [-0.15, -0.1) is 0 Å². The summed E-state index contributed by atoms with van der Waals surface area (Å²) in [5, 5.41) is 0. The number of benzene rings is 7. The second-order valence-electron chi connectivity index (χ2n) is 11.7. The Morgan fingerprint density at radius 3 is 0.750 bits per heavy atom. The molecule has 48 heavy (non-hydrogen) atoms. The molecule has 226 valence electrons. The van der Waals surface area contributed by atoms with E-state index >= 15 is 0 Å². The largest absolute Gasteiger partial charge is 0.208 e. The van der Waals surface area contributed by atoms with Crippen LogP contribution in [0.4, 0.5) is 0 Å². The van der Waals surface area contributed by atoms with Gasteiger partial charge in [-0.2, -0.15) is 0 Å². The van der Waals surface area contributed by atoms with Crippen molar-refractivity contribution in [2.24, 2.45) is 0 Å². The van der Waals surface area contributed by atoms with E-state index in [0.717, 1.165) is 50.1 Å². The van der Waals surface area contributed by atoms with E-state index in [-0.39, 0.29) is 0 Å². The molecule has 3 heteroatoms. The Morgan fingerprint density at radius 1 is 0.188 bits per heavy atom. The van der Waals surface area contributed by atoms with Gasteiger partial charge in [0, 0.05) is 16.7 Å². The normalized spacial score (nSPS) is 10.9. The lowest BCUT2D eigenvalue weighted by molar-refractivity contribution is 1.07. The summed E-state index contributed by atoms with van der Waals surface area (Å²) in [5.74, 6) is 1.89. The average Bonchev–Trinajstić information content (AvgIpc) is 3.19. The van der Waals surface area contributed by atoms with Gasteiger partial charge in [-0.1, -0.05) is 170 Å². The molecule has 0 amide bonds. The molecular formula is C45H31N3. The predicted molar refractivity (Wildman–Crippen MR) is 198 cm³/mol. The first-order chi connectivity index (χ1) is 23.8. The van der Waals surface area contributed by atoms with Crippen LogP contribution in [-0.4, -0.2) is 15.0 Å². The van der Waals surface area contributed by atoms with Crippen LogP contribution in [0.1, 0.15) is 0 Å². The summed E-state index contributed by atoms with van der Waals surface area (Å²) >= 11 is 0. The standard InChI is InChI=1S/C45H31N3/c1-5-13-32(14-6-1)36-21-25-38(26-22-36)43-46-44(39-27-23-37(24-28-39)33-15-7-2-8-16-33)48-45(47-43)42-30-40(34-17-9-3-10-18-34)29-41(31-42)35-19-11-4-12-20-35/h1-31H. The molecule has 0 saturated heterocycles. The Morgan fingerprint density at radius 2 is 0.417 bits per heavy atom. The van der Waals surface area contributed by atoms with Crippen molar-refractivity contribution in [2.45, 2.75) is 0 Å². The third kappa shape index (κ3) is 6.18. The zero-order valence-electron chi connectivity index (χ0n) is 26.2. The third-order valence-corrected chi connectivity index (χ3v) is 8.54. The quantitative estimate of drug-likeness (QED) is 0.179. The topological polar surface area (TPSA) is 38.7 Å². The molecule has 0 aliphatic carbocycles. The van der Waals surface area contributed by atoms with E-state index < -0.39 is 0 Å². The molecule has 0 bridgehead atoms. The van der Waals surface area contributed by atoms with Crippen LogP contribution in [0.5, 0.6) is 0 Å². The molecule has 7 aromatic carbocycles. The minimum absolute atomic E-state index is 0.629. The number of aromatic nitrogens is 3. The minimum Gasteiger partial charge on any atom is -0.208 e. The van der Waals surface area contributed by atoms with Gasteiger partial charge in [0.25, 0.3) is 0 Å². The van der Waals surface area contributed by atoms with Crippen molar-refractivity contribution in [1.82, 2.24) is 15.0 Å². The molecule has 0 fully saturated rings. The molecule has 8 rings (SSSR count). The van der Waals surface area contributed by atoms with Crippen molar-refractivity contribution in [2.75, 3.05) is 0 Å². The van der Waals surface area contributed by atoms with Gasteiger partial charge < -0.3 is 0 Å². The van der Waals surface area contributed by atoms with Crippen LogP contribution in [0.2, 0.25) is 0 Å². The van der Waals surface area contributed by atoms with Crippen LogP contribution in [0.3, 0.4) is 0 Å². The number of rotatable bonds is 7. The van der Waals surface area contributed by atoms with Crippen LogP contribution in [0.25, 0.3) is 78.7 Å². The Hall–Kier alpha value is -6.45. The zero-order valence-corrected chi connectivity index (χ0v) is 26.2. The van der Waals surface area contributed by atoms with Gasteiger partial charge in [-0.25, -0.2) is 15.0 Å². The zero-order chi connectivity index (χ0) is 32.1. The van der Waals surface area contributed by atoms with Crippen molar-refractivity contribution in [3.63, 3.8) is 0 Å². The van der Waals surface area contributed by atoms with Crippen LogP contribution in [-0.2, 0) is 0 Å². The monoisotopic (exact) mass is 613 g/mol. The van der Waals surface area contributed by atoms with Crippen LogP contribution in [0.15, 0.2) is 188 Å². The van der Waals surface area contributed by atoms with Crippen LogP contribution in [0, 0.1) is 0 Å². The van der Waals surface area contributed by atoms with Gasteiger partial charge in [0.2, 0.25) is 0 Å². The highest BCUT2D eigenvalue weighted by molar-refractivity contribution is 5.80. The van der Waals surface area contributed by atoms with E-state index in [1.807, 2.05) is 24.3 Å². The maximum atomic E-state index is 5.11. The van der Waals surface area contributed by atoms with Gasteiger partial charge in [0.15, 0.2) is 17.5 Å². The van der Waals surface area contributed by atoms with Crippen molar-refractivity contribution in [3.8, 4) is 78.7 Å². The number of hydrogen-bond acceptors (Lipinski definition) is 3. The highest BCUT2D eigenvalue weighted by atomic mass is 15.0. The third-order valence-electron chi connectivity index (χ3n) is 8.54. The second kappa shape index (κ2) is 13.1. The average molecular weight is 614 g/mol. The predicted octanol–water partition coefficient (Wildman–Crippen LogP) is 11.5. The van der Waals surface area contributed by atoms with E-state index in [1.165, 1.54) is 11.1 Å². The van der Waals surface area contributed by atoms with Crippen molar-refractivity contribution >= 4 is 0 Å². The molecule has 1 aromatic heterocycles. The van der Waals surface area contributed by atoms with Gasteiger partial charge in [-0.3, -0.25) is 0 Å². The molecule has 0 unspecified atom stereocenters. The summed E-state index contributed by atoms with van der Waals surface area (Å²) in [6.45, 7) is 0. The summed E-state index contributed by atoms with van der Waals surface area (Å²) in [5.41, 5.74) is 11.9. The molecule has 0 atom stereocenters. The fraction of sp³-hybridized carbons (Fsp3) is 0. The lowest BCUT2D eigenvalue weighted by Gasteiger charge is -2.13. The first-order valence-electron chi connectivity index (χ1n) is 16.1. The maximum absolute atomic E-state index is 5.11. The van der Waals surface area contributed by atoms with E-state index in [1.54, 1.807) is 0 Å². The first kappa shape index (κ1) is 29.0. The lowest BCUT2D eigenvalue weighted by atomic mass is 9.96. The molecule has 3 nitrogen and oxygen atoms in total. The lowest BCUT2D eigenvalue weighted by Crippen LogP contribution is -2.00. The van der Waals surface area contributed by atoms with Gasteiger partial charge in [0.05, 0.1) is 0 Å². The fourth-order valence-electron chi connectivity index (χ4n) is 6.00. The molecule has 8 aromatic rings. The molecule has 0 aliphatic rings. The summed E-state index contributed by atoms with van der Waals surface area (Å²) in [7, 11) is 0. The molecule has 0 radical (unpaired) electrons. The van der Waals surface area contributed by atoms with Crippen molar-refractivity contribution < 1.29 is 0 Å². The molecule has 1 heterocycles. The van der Waals surface area contributed by atoms with Crippen molar-refractivity contribution in [1.29, 1.82) is 0 Å². The molecular weight excluding hydrogens is 583 g/mol. The van der Waals surface area contributed by atoms with Crippen molar-refractivity contribution in [3.05, 3.63) is 188 Å². The smallest absolute Gasteiger partial charge is 0.164 e. The Balaban J connectivity index is 1.28. The second-order valence-corrected chi connectivity index (χ2v) is 11.7. The van der Waals surface area contributed by atoms with E-state index in [4.69, 9.17) is 15.0 Å². The van der Waals surface area contributed by atoms with Crippen LogP contribution < -0.4 is 0 Å². The summed E-state index contributed by atoms with van der Waals surface area (Å²) in [4.78, 5) is 15.3. The summed E-state index contributed by atoms with van der Waals surface area (Å²) < 4.78 is 0. The maximum Gasteiger partial charge on any atom is 0.164 e. The molecule has 0 spiro atoms. The summed E-state index contributed by atoms with van der Waals surface area (Å²) in [6, 6.07) is 65.2. The van der Waals surface area contributed by atoms with Gasteiger partial charge in [-0.05, 0) is 62.7 Å². The Kier molecular flexibility index (Phi) is 7.92. The molecule has 0 N–H and O–H groups in total. The van der Waals surface area contributed by atoms with E-state index in [9.17, 15) is 0 Å². The Bertz CT molecular complexity index is 2120. The van der Waals surface area contributed by atoms with Gasteiger partial charge in [0.1, 0.15) is 0 Å². The van der Waals surface area contributed by atoms with Crippen LogP contribution >= 0.6 is 0 Å². The number of hydrogen-bond donors (Lipinski definition) is 0. The fourth-order valence-corrected chi connectivity index (χ4v) is 6.00. The molecule has 0 saturated carbocycles. The highest BCUT2D eigenvalue weighted by Crippen LogP contribution is 2.34. The SMILES string of the molecule is c1ccc(-c2ccc(-c3nc(-c4ccc(-c5ccccc5)cc4)nc(-c4cc(-c5ccccc5)cc(-c5ccccc5)c4)n3)cc2)cc1. The minimum atomic E-state index is 0.629. The van der Waals surface area contributed by atoms with E-state index in [2.05, 4.69) is 164 Å². The Labute approximate surface area is 280 Å². The summed E-state index contributed by atoms with van der Waals surface area (Å²) in [6.07, 6.45) is 0. The molecule has 0 aliphatic heterocycles. The van der Waals surface area contributed by atoms with E-state index in [0.29, 0.717) is 17.5 Å². The number of nitrogens with zero attached hydrogens (tertiary/aromatic N) is 3. The first-order valence-corrected chi connectivity index (χ1v) is 16.1. The van der Waals surface area contributed by atoms with Gasteiger partial charge >= 0.3 is 0 Å². The highest BCUT2D eigenvalue weighted by Gasteiger charge is 2.15.